The van der Waals surface area contributed by atoms with E-state index in [1.165, 1.54) is 6.92 Å². The van der Waals surface area contributed by atoms with Crippen molar-refractivity contribution in [3.8, 4) is 6.07 Å². The number of rotatable bonds is 7. The van der Waals surface area contributed by atoms with E-state index < -0.39 is 6.04 Å². The highest BCUT2D eigenvalue weighted by molar-refractivity contribution is 5.88. The predicted molar refractivity (Wildman–Crippen MR) is 84.9 cm³/mol. The third-order valence-electron chi connectivity index (χ3n) is 3.37. The molecule has 0 saturated carbocycles. The number of nitriles is 1. The molecule has 0 aliphatic carbocycles. The van der Waals surface area contributed by atoms with Gasteiger partial charge in [-0.15, -0.1) is 0 Å². The van der Waals surface area contributed by atoms with Crippen molar-refractivity contribution in [1.29, 1.82) is 5.26 Å². The lowest BCUT2D eigenvalue weighted by molar-refractivity contribution is -0.128. The van der Waals surface area contributed by atoms with E-state index in [4.69, 9.17) is 5.26 Å². The van der Waals surface area contributed by atoms with E-state index in [1.54, 1.807) is 12.1 Å². The zero-order valence-corrected chi connectivity index (χ0v) is 13.6. The number of Topliss-reactive ketones (excluding diaryl/α,β-unsaturated/α-hetero) is 1. The standard InChI is InChI=1S/C17H23N3O2/c1-12(2)17(13(3)21)19-16(22)11-20(4)10-15-7-5-14(9-18)6-8-15/h5-8,12,17H,10-11H2,1-4H3,(H,19,22). The summed E-state index contributed by atoms with van der Waals surface area (Å²) in [6.07, 6.45) is 0. The molecular weight excluding hydrogens is 278 g/mol. The van der Waals surface area contributed by atoms with Gasteiger partial charge in [0.15, 0.2) is 5.78 Å². The molecular formula is C17H23N3O2. The maximum Gasteiger partial charge on any atom is 0.234 e. The van der Waals surface area contributed by atoms with Crippen LogP contribution in [0.4, 0.5) is 0 Å². The van der Waals surface area contributed by atoms with E-state index in [2.05, 4.69) is 11.4 Å². The number of likely N-dealkylation sites (N-methyl/N-ethyl adjacent to an activating group) is 1. The van der Waals surface area contributed by atoms with Crippen molar-refractivity contribution in [2.75, 3.05) is 13.6 Å². The first-order valence-electron chi connectivity index (χ1n) is 7.31. The highest BCUT2D eigenvalue weighted by Crippen LogP contribution is 2.06. The Morgan fingerprint density at radius 1 is 1.27 bits per heavy atom. The first kappa shape index (κ1) is 17.9. The fourth-order valence-electron chi connectivity index (χ4n) is 2.25. The van der Waals surface area contributed by atoms with Gasteiger partial charge in [-0.2, -0.15) is 5.26 Å². The van der Waals surface area contributed by atoms with Crippen molar-refractivity contribution in [1.82, 2.24) is 10.2 Å². The van der Waals surface area contributed by atoms with Crippen LogP contribution in [-0.2, 0) is 16.1 Å². The largest absolute Gasteiger partial charge is 0.345 e. The molecule has 0 radical (unpaired) electrons. The average molecular weight is 301 g/mol. The fraction of sp³-hybridized carbons (Fsp3) is 0.471. The first-order chi connectivity index (χ1) is 10.3. The molecule has 1 rings (SSSR count). The molecule has 1 atom stereocenters. The smallest absolute Gasteiger partial charge is 0.234 e. The van der Waals surface area contributed by atoms with Crippen LogP contribution in [0.15, 0.2) is 24.3 Å². The Morgan fingerprint density at radius 3 is 2.32 bits per heavy atom. The number of nitrogens with zero attached hydrogens (tertiary/aromatic N) is 2. The maximum atomic E-state index is 12.0. The summed E-state index contributed by atoms with van der Waals surface area (Å²) in [5.74, 6) is -0.117. The molecule has 0 bridgehead atoms. The summed E-state index contributed by atoms with van der Waals surface area (Å²) in [6, 6.07) is 8.90. The van der Waals surface area contributed by atoms with Gasteiger partial charge in [0, 0.05) is 6.54 Å². The van der Waals surface area contributed by atoms with Crippen LogP contribution in [0.25, 0.3) is 0 Å². The molecule has 1 unspecified atom stereocenters. The summed E-state index contributed by atoms with van der Waals surface area (Å²) in [5, 5.41) is 11.5. The van der Waals surface area contributed by atoms with Crippen LogP contribution >= 0.6 is 0 Å². The lowest BCUT2D eigenvalue weighted by Crippen LogP contribution is -2.46. The summed E-state index contributed by atoms with van der Waals surface area (Å²) in [6.45, 7) is 6.13. The van der Waals surface area contributed by atoms with Crippen LogP contribution in [0, 0.1) is 17.2 Å². The number of hydrogen-bond acceptors (Lipinski definition) is 4. The van der Waals surface area contributed by atoms with Crippen LogP contribution in [0.2, 0.25) is 0 Å². The minimum Gasteiger partial charge on any atom is -0.345 e. The van der Waals surface area contributed by atoms with Crippen LogP contribution in [0.5, 0.6) is 0 Å². The average Bonchev–Trinajstić information content (AvgIpc) is 2.44. The molecule has 0 spiro atoms. The number of carbonyl (C=O) groups excluding carboxylic acids is 2. The minimum atomic E-state index is -0.434. The Balaban J connectivity index is 2.53. The van der Waals surface area contributed by atoms with E-state index in [0.29, 0.717) is 12.1 Å². The monoisotopic (exact) mass is 301 g/mol. The molecule has 1 aromatic carbocycles. The molecule has 0 fully saturated rings. The van der Waals surface area contributed by atoms with E-state index in [9.17, 15) is 9.59 Å². The zero-order valence-electron chi connectivity index (χ0n) is 13.6. The number of benzene rings is 1. The molecule has 5 heteroatoms. The van der Waals surface area contributed by atoms with Gasteiger partial charge in [0.05, 0.1) is 24.2 Å². The second-order valence-electron chi connectivity index (χ2n) is 5.88. The zero-order chi connectivity index (χ0) is 16.7. The van der Waals surface area contributed by atoms with Crippen molar-refractivity contribution < 1.29 is 9.59 Å². The molecule has 118 valence electrons. The Morgan fingerprint density at radius 2 is 1.86 bits per heavy atom. The van der Waals surface area contributed by atoms with Gasteiger partial charge in [-0.25, -0.2) is 0 Å². The number of hydrogen-bond donors (Lipinski definition) is 1. The molecule has 0 aromatic heterocycles. The number of carbonyl (C=O) groups is 2. The van der Waals surface area contributed by atoms with Gasteiger partial charge in [-0.05, 0) is 37.6 Å². The van der Waals surface area contributed by atoms with Gasteiger partial charge >= 0.3 is 0 Å². The van der Waals surface area contributed by atoms with E-state index in [-0.39, 0.29) is 24.2 Å². The fourth-order valence-corrected chi connectivity index (χ4v) is 2.25. The molecule has 1 N–H and O–H groups in total. The van der Waals surface area contributed by atoms with Crippen molar-refractivity contribution >= 4 is 11.7 Å². The maximum absolute atomic E-state index is 12.0. The van der Waals surface area contributed by atoms with Crippen molar-refractivity contribution in [3.05, 3.63) is 35.4 Å². The van der Waals surface area contributed by atoms with Gasteiger partial charge in [-0.1, -0.05) is 26.0 Å². The van der Waals surface area contributed by atoms with Gasteiger partial charge in [0.2, 0.25) is 5.91 Å². The van der Waals surface area contributed by atoms with Gasteiger partial charge in [0.1, 0.15) is 0 Å². The number of nitrogens with one attached hydrogen (secondary N) is 1. The highest BCUT2D eigenvalue weighted by Gasteiger charge is 2.20. The lowest BCUT2D eigenvalue weighted by atomic mass is 10.0. The summed E-state index contributed by atoms with van der Waals surface area (Å²) in [7, 11) is 1.84. The quantitative estimate of drug-likeness (QED) is 0.832. The van der Waals surface area contributed by atoms with Gasteiger partial charge in [0.25, 0.3) is 0 Å². The van der Waals surface area contributed by atoms with Crippen LogP contribution in [0.3, 0.4) is 0 Å². The third kappa shape index (κ3) is 5.66. The van der Waals surface area contributed by atoms with E-state index >= 15 is 0 Å². The van der Waals surface area contributed by atoms with Crippen molar-refractivity contribution in [2.45, 2.75) is 33.4 Å². The normalized spacial score (nSPS) is 12.0. The Kier molecular flexibility index (Phi) is 6.74. The molecule has 22 heavy (non-hydrogen) atoms. The number of ketones is 1. The third-order valence-corrected chi connectivity index (χ3v) is 3.37. The Labute approximate surface area is 131 Å². The Bertz CT molecular complexity index is 558. The first-order valence-corrected chi connectivity index (χ1v) is 7.31. The van der Waals surface area contributed by atoms with Gasteiger partial charge < -0.3 is 5.32 Å². The topological polar surface area (TPSA) is 73.2 Å². The molecule has 1 amide bonds. The van der Waals surface area contributed by atoms with Crippen LogP contribution in [0.1, 0.15) is 31.9 Å². The molecule has 0 aliphatic heterocycles. The van der Waals surface area contributed by atoms with Gasteiger partial charge in [-0.3, -0.25) is 14.5 Å². The number of amides is 1. The Hall–Kier alpha value is -2.19. The minimum absolute atomic E-state index is 0.0295. The molecule has 5 nitrogen and oxygen atoms in total. The summed E-state index contributed by atoms with van der Waals surface area (Å²) >= 11 is 0. The molecule has 0 saturated heterocycles. The summed E-state index contributed by atoms with van der Waals surface area (Å²) in [4.78, 5) is 25.4. The van der Waals surface area contributed by atoms with E-state index in [0.717, 1.165) is 5.56 Å². The molecule has 0 aliphatic rings. The summed E-state index contributed by atoms with van der Waals surface area (Å²) < 4.78 is 0. The second-order valence-corrected chi connectivity index (χ2v) is 5.88. The van der Waals surface area contributed by atoms with Crippen LogP contribution in [-0.4, -0.2) is 36.2 Å². The SMILES string of the molecule is CC(=O)C(NC(=O)CN(C)Cc1ccc(C#N)cc1)C(C)C. The lowest BCUT2D eigenvalue weighted by Gasteiger charge is -2.22. The summed E-state index contributed by atoms with van der Waals surface area (Å²) in [5.41, 5.74) is 1.65. The molecule has 1 aromatic rings. The van der Waals surface area contributed by atoms with E-state index in [1.807, 2.05) is 37.9 Å². The van der Waals surface area contributed by atoms with Crippen molar-refractivity contribution in [2.24, 2.45) is 5.92 Å². The molecule has 0 heterocycles. The second kappa shape index (κ2) is 8.30. The highest BCUT2D eigenvalue weighted by atomic mass is 16.2. The van der Waals surface area contributed by atoms with Crippen molar-refractivity contribution in [3.63, 3.8) is 0 Å². The van der Waals surface area contributed by atoms with Crippen LogP contribution < -0.4 is 5.32 Å². The predicted octanol–water partition coefficient (Wildman–Crippen LogP) is 1.72.